The molecule has 0 N–H and O–H groups in total. The molecule has 0 fully saturated rings. The third-order valence-electron chi connectivity index (χ3n) is 2.06. The molecule has 2 nitrogen and oxygen atoms in total. The van der Waals surface area contributed by atoms with Crippen LogP contribution in [0.3, 0.4) is 0 Å². The van der Waals surface area contributed by atoms with Crippen molar-refractivity contribution in [2.45, 2.75) is 19.4 Å². The third kappa shape index (κ3) is 1.09. The largest absolute Gasteiger partial charge is 0.490 e. The molecule has 0 saturated carbocycles. The van der Waals surface area contributed by atoms with Crippen molar-refractivity contribution in [3.63, 3.8) is 0 Å². The van der Waals surface area contributed by atoms with Gasteiger partial charge in [-0.1, -0.05) is 12.1 Å². The lowest BCUT2D eigenvalue weighted by atomic mass is 10.1. The van der Waals surface area contributed by atoms with Crippen molar-refractivity contribution in [1.29, 1.82) is 0 Å². The lowest BCUT2D eigenvalue weighted by Gasteiger charge is -2.01. The van der Waals surface area contributed by atoms with Crippen molar-refractivity contribution in [2.75, 3.05) is 0 Å². The smallest absolute Gasteiger partial charge is 0.150 e. The molecular formula is C10H10O2. The second-order valence-electron chi connectivity index (χ2n) is 3.12. The van der Waals surface area contributed by atoms with Crippen molar-refractivity contribution in [1.82, 2.24) is 0 Å². The zero-order valence-electron chi connectivity index (χ0n) is 6.91. The molecule has 1 aromatic rings. The van der Waals surface area contributed by atoms with E-state index in [0.717, 1.165) is 18.5 Å². The van der Waals surface area contributed by atoms with Crippen LogP contribution < -0.4 is 4.74 Å². The highest BCUT2D eigenvalue weighted by molar-refractivity contribution is 5.76. The van der Waals surface area contributed by atoms with Crippen LogP contribution in [-0.2, 0) is 6.42 Å². The Morgan fingerprint density at radius 2 is 2.42 bits per heavy atom. The Morgan fingerprint density at radius 3 is 3.17 bits per heavy atom. The topological polar surface area (TPSA) is 26.3 Å². The molecule has 1 aromatic carbocycles. The van der Waals surface area contributed by atoms with Crippen LogP contribution in [0.4, 0.5) is 0 Å². The number of ether oxygens (including phenoxy) is 1. The standard InChI is InChI=1S/C10H10O2/c1-7-4-9-3-2-8(6-11)5-10(9)12-7/h2-3,5-7H,4H2,1H3/t7-/m1/s1. The number of hydrogen-bond donors (Lipinski definition) is 0. The summed E-state index contributed by atoms with van der Waals surface area (Å²) >= 11 is 0. The summed E-state index contributed by atoms with van der Waals surface area (Å²) in [4.78, 5) is 10.4. The summed E-state index contributed by atoms with van der Waals surface area (Å²) in [5.41, 5.74) is 1.89. The fourth-order valence-corrected chi connectivity index (χ4v) is 1.49. The van der Waals surface area contributed by atoms with E-state index in [1.54, 1.807) is 6.07 Å². The highest BCUT2D eigenvalue weighted by Crippen LogP contribution is 2.28. The van der Waals surface area contributed by atoms with Crippen molar-refractivity contribution in [2.24, 2.45) is 0 Å². The van der Waals surface area contributed by atoms with Crippen LogP contribution in [-0.4, -0.2) is 12.4 Å². The van der Waals surface area contributed by atoms with Crippen molar-refractivity contribution < 1.29 is 9.53 Å². The molecular weight excluding hydrogens is 152 g/mol. The number of carbonyl (C=O) groups excluding carboxylic acids is 1. The van der Waals surface area contributed by atoms with E-state index in [-0.39, 0.29) is 6.10 Å². The molecule has 0 aromatic heterocycles. The Morgan fingerprint density at radius 1 is 1.58 bits per heavy atom. The summed E-state index contributed by atoms with van der Waals surface area (Å²) in [6.07, 6.45) is 2.04. The van der Waals surface area contributed by atoms with Crippen LogP contribution in [0.5, 0.6) is 5.75 Å². The summed E-state index contributed by atoms with van der Waals surface area (Å²) < 4.78 is 5.49. The van der Waals surface area contributed by atoms with Crippen LogP contribution in [0.1, 0.15) is 22.8 Å². The lowest BCUT2D eigenvalue weighted by Crippen LogP contribution is -2.05. The van der Waals surface area contributed by atoms with E-state index in [4.69, 9.17) is 4.74 Å². The predicted molar refractivity (Wildman–Crippen MR) is 45.6 cm³/mol. The van der Waals surface area contributed by atoms with E-state index >= 15 is 0 Å². The van der Waals surface area contributed by atoms with E-state index in [2.05, 4.69) is 0 Å². The van der Waals surface area contributed by atoms with Crippen LogP contribution >= 0.6 is 0 Å². The molecule has 12 heavy (non-hydrogen) atoms. The number of carbonyl (C=O) groups is 1. The van der Waals surface area contributed by atoms with Crippen LogP contribution in [0.2, 0.25) is 0 Å². The summed E-state index contributed by atoms with van der Waals surface area (Å²) in [5, 5.41) is 0. The van der Waals surface area contributed by atoms with Crippen molar-refractivity contribution in [3.8, 4) is 5.75 Å². The molecule has 0 unspecified atom stereocenters. The van der Waals surface area contributed by atoms with Gasteiger partial charge in [-0.25, -0.2) is 0 Å². The molecule has 1 atom stereocenters. The van der Waals surface area contributed by atoms with Crippen LogP contribution in [0.15, 0.2) is 18.2 Å². The van der Waals surface area contributed by atoms with Crippen LogP contribution in [0, 0.1) is 0 Å². The number of aldehydes is 1. The molecule has 1 aliphatic rings. The normalized spacial score (nSPS) is 19.9. The SMILES string of the molecule is C[C@@H]1Cc2ccc(C=O)cc2O1. The van der Waals surface area contributed by atoms with Crippen LogP contribution in [0.25, 0.3) is 0 Å². The predicted octanol–water partition coefficient (Wildman–Crippen LogP) is 1.82. The Bertz CT molecular complexity index is 318. The summed E-state index contributed by atoms with van der Waals surface area (Å²) in [7, 11) is 0. The highest BCUT2D eigenvalue weighted by atomic mass is 16.5. The summed E-state index contributed by atoms with van der Waals surface area (Å²) in [6.45, 7) is 2.03. The second kappa shape index (κ2) is 2.63. The first-order valence-corrected chi connectivity index (χ1v) is 4.04. The van der Waals surface area contributed by atoms with Gasteiger partial charge in [-0.2, -0.15) is 0 Å². The molecule has 1 aliphatic heterocycles. The van der Waals surface area contributed by atoms with Gasteiger partial charge in [0.2, 0.25) is 0 Å². The fourth-order valence-electron chi connectivity index (χ4n) is 1.49. The van der Waals surface area contributed by atoms with Crippen molar-refractivity contribution in [3.05, 3.63) is 29.3 Å². The van der Waals surface area contributed by atoms with E-state index < -0.39 is 0 Å². The quantitative estimate of drug-likeness (QED) is 0.589. The average molecular weight is 162 g/mol. The Labute approximate surface area is 71.2 Å². The van der Waals surface area contributed by atoms with E-state index in [1.807, 2.05) is 19.1 Å². The van der Waals surface area contributed by atoms with Gasteiger partial charge in [0.25, 0.3) is 0 Å². The van der Waals surface area contributed by atoms with Crippen molar-refractivity contribution >= 4 is 6.29 Å². The molecule has 62 valence electrons. The van der Waals surface area contributed by atoms with E-state index in [0.29, 0.717) is 5.56 Å². The summed E-state index contributed by atoms with van der Waals surface area (Å²) in [6, 6.07) is 5.58. The molecule has 2 rings (SSSR count). The number of hydrogen-bond acceptors (Lipinski definition) is 2. The number of benzene rings is 1. The lowest BCUT2D eigenvalue weighted by molar-refractivity contribution is 0.112. The van der Waals surface area contributed by atoms with Gasteiger partial charge in [0.05, 0.1) is 0 Å². The maximum Gasteiger partial charge on any atom is 0.150 e. The monoisotopic (exact) mass is 162 g/mol. The minimum atomic E-state index is 0.252. The minimum Gasteiger partial charge on any atom is -0.490 e. The molecule has 0 radical (unpaired) electrons. The number of rotatable bonds is 1. The Kier molecular flexibility index (Phi) is 1.61. The molecule has 0 bridgehead atoms. The first kappa shape index (κ1) is 7.35. The molecule has 0 saturated heterocycles. The molecule has 2 heteroatoms. The van der Waals surface area contributed by atoms with E-state index in [9.17, 15) is 4.79 Å². The minimum absolute atomic E-state index is 0.252. The maximum atomic E-state index is 10.4. The Hall–Kier alpha value is -1.31. The van der Waals surface area contributed by atoms with Gasteiger partial charge in [0, 0.05) is 12.0 Å². The van der Waals surface area contributed by atoms with Gasteiger partial charge in [-0.15, -0.1) is 0 Å². The zero-order chi connectivity index (χ0) is 8.55. The first-order chi connectivity index (χ1) is 5.79. The third-order valence-corrected chi connectivity index (χ3v) is 2.06. The van der Waals surface area contributed by atoms with E-state index in [1.165, 1.54) is 5.56 Å². The van der Waals surface area contributed by atoms with Gasteiger partial charge < -0.3 is 4.74 Å². The Balaban J connectivity index is 2.41. The second-order valence-corrected chi connectivity index (χ2v) is 3.12. The van der Waals surface area contributed by atoms with Gasteiger partial charge in [-0.05, 0) is 18.6 Å². The van der Waals surface area contributed by atoms with Gasteiger partial charge in [-0.3, -0.25) is 4.79 Å². The van der Waals surface area contributed by atoms with Gasteiger partial charge >= 0.3 is 0 Å². The number of fused-ring (bicyclic) bond motifs is 1. The molecule has 0 aliphatic carbocycles. The molecule has 0 spiro atoms. The highest BCUT2D eigenvalue weighted by Gasteiger charge is 2.18. The zero-order valence-corrected chi connectivity index (χ0v) is 6.91. The van der Waals surface area contributed by atoms with Gasteiger partial charge in [0.1, 0.15) is 18.1 Å². The average Bonchev–Trinajstić information content (AvgIpc) is 2.43. The van der Waals surface area contributed by atoms with Gasteiger partial charge in [0.15, 0.2) is 0 Å². The first-order valence-electron chi connectivity index (χ1n) is 4.04. The summed E-state index contributed by atoms with van der Waals surface area (Å²) in [5.74, 6) is 0.868. The molecule has 0 amide bonds. The maximum absolute atomic E-state index is 10.4. The fraction of sp³-hybridized carbons (Fsp3) is 0.300. The molecule has 1 heterocycles.